The summed E-state index contributed by atoms with van der Waals surface area (Å²) >= 11 is 0. The molecule has 120 valence electrons. The van der Waals surface area contributed by atoms with E-state index in [0.29, 0.717) is 6.61 Å². The molecule has 0 aliphatic heterocycles. The van der Waals surface area contributed by atoms with Gasteiger partial charge in [0.15, 0.2) is 0 Å². The van der Waals surface area contributed by atoms with Gasteiger partial charge in [-0.05, 0) is 23.8 Å². The summed E-state index contributed by atoms with van der Waals surface area (Å²) in [5.74, 6) is 0.794. The number of nitrogens with one attached hydrogen (secondary N) is 2. The predicted octanol–water partition coefficient (Wildman–Crippen LogP) is 2.80. The highest BCUT2D eigenvalue weighted by Crippen LogP contribution is 2.28. The largest absolute Gasteiger partial charge is 0.492 e. The smallest absolute Gasteiger partial charge is 0.323 e. The number of aromatic nitrogens is 4. The fourth-order valence-corrected chi connectivity index (χ4v) is 2.74. The Bertz CT molecular complexity index is 1010. The molecule has 6 nitrogen and oxygen atoms in total. The molecule has 0 fully saturated rings. The predicted molar refractivity (Wildman–Crippen MR) is 92.1 cm³/mol. The highest BCUT2D eigenvalue weighted by atomic mass is 16.5. The van der Waals surface area contributed by atoms with E-state index in [2.05, 4.69) is 15.0 Å². The van der Waals surface area contributed by atoms with E-state index in [9.17, 15) is 4.79 Å². The second-order valence-electron chi connectivity index (χ2n) is 5.48. The van der Waals surface area contributed by atoms with Gasteiger partial charge in [-0.15, -0.1) is 0 Å². The molecular weight excluding hydrogens is 304 g/mol. The van der Waals surface area contributed by atoms with Crippen LogP contribution in [0.4, 0.5) is 0 Å². The van der Waals surface area contributed by atoms with E-state index >= 15 is 0 Å². The van der Waals surface area contributed by atoms with Crippen molar-refractivity contribution in [3.8, 4) is 16.9 Å². The van der Waals surface area contributed by atoms with Crippen LogP contribution in [0.1, 0.15) is 0 Å². The monoisotopic (exact) mass is 320 g/mol. The third kappa shape index (κ3) is 2.81. The highest BCUT2D eigenvalue weighted by molar-refractivity contribution is 5.91. The van der Waals surface area contributed by atoms with Gasteiger partial charge in [0.2, 0.25) is 0 Å². The van der Waals surface area contributed by atoms with E-state index in [1.54, 1.807) is 12.5 Å². The molecule has 0 radical (unpaired) electrons. The first-order chi connectivity index (χ1) is 11.8. The van der Waals surface area contributed by atoms with E-state index in [1.165, 1.54) is 0 Å². The summed E-state index contributed by atoms with van der Waals surface area (Å²) in [4.78, 5) is 21.2. The Morgan fingerprint density at radius 1 is 1.12 bits per heavy atom. The van der Waals surface area contributed by atoms with Crippen molar-refractivity contribution in [2.75, 3.05) is 6.61 Å². The van der Waals surface area contributed by atoms with Crippen molar-refractivity contribution in [1.82, 2.24) is 19.5 Å². The number of para-hydroxylation sites is 1. The number of rotatable bonds is 5. The minimum Gasteiger partial charge on any atom is -0.492 e. The third-order valence-electron chi connectivity index (χ3n) is 3.87. The van der Waals surface area contributed by atoms with Gasteiger partial charge in [-0.2, -0.15) is 0 Å². The van der Waals surface area contributed by atoms with Crippen LogP contribution in [0.3, 0.4) is 0 Å². The number of fused-ring (bicyclic) bond motifs is 1. The lowest BCUT2D eigenvalue weighted by atomic mass is 10.0. The molecule has 2 aromatic carbocycles. The third-order valence-corrected chi connectivity index (χ3v) is 3.87. The summed E-state index contributed by atoms with van der Waals surface area (Å²) in [5, 5.41) is 0. The molecular formula is C18H16N4O2. The number of hydrogen-bond donors (Lipinski definition) is 2. The Kier molecular flexibility index (Phi) is 3.63. The number of hydrogen-bond acceptors (Lipinski definition) is 3. The second kappa shape index (κ2) is 6.08. The minimum atomic E-state index is -0.204. The molecule has 0 saturated heterocycles. The van der Waals surface area contributed by atoms with Crippen LogP contribution < -0.4 is 10.4 Å². The van der Waals surface area contributed by atoms with E-state index in [4.69, 9.17) is 4.74 Å². The first-order valence-corrected chi connectivity index (χ1v) is 7.69. The van der Waals surface area contributed by atoms with Crippen molar-refractivity contribution in [3.63, 3.8) is 0 Å². The SMILES string of the molecule is O=c1[nH]c2cccc(-c3cccc(OCCn4ccnc4)c3)c2[nH]1. The van der Waals surface area contributed by atoms with Gasteiger partial charge < -0.3 is 19.3 Å². The van der Waals surface area contributed by atoms with Gasteiger partial charge in [-0.25, -0.2) is 9.78 Å². The molecule has 4 aromatic rings. The Balaban J connectivity index is 1.58. The zero-order valence-electron chi connectivity index (χ0n) is 12.9. The first kappa shape index (κ1) is 14.3. The molecule has 6 heteroatoms. The maximum atomic E-state index is 11.6. The molecule has 0 aliphatic carbocycles. The quantitative estimate of drug-likeness (QED) is 0.594. The van der Waals surface area contributed by atoms with E-state index in [1.807, 2.05) is 53.2 Å². The van der Waals surface area contributed by atoms with Crippen LogP contribution >= 0.6 is 0 Å². The van der Waals surface area contributed by atoms with Crippen LogP contribution in [0, 0.1) is 0 Å². The van der Waals surface area contributed by atoms with Crippen LogP contribution in [0.25, 0.3) is 22.2 Å². The Labute approximate surface area is 137 Å². The Morgan fingerprint density at radius 3 is 2.92 bits per heavy atom. The number of nitrogens with zero attached hydrogens (tertiary/aromatic N) is 2. The number of aromatic amines is 2. The maximum absolute atomic E-state index is 11.6. The maximum Gasteiger partial charge on any atom is 0.323 e. The summed E-state index contributed by atoms with van der Waals surface area (Å²) < 4.78 is 7.80. The lowest BCUT2D eigenvalue weighted by molar-refractivity contribution is 0.298. The topological polar surface area (TPSA) is 75.7 Å². The number of ether oxygens (including phenoxy) is 1. The van der Waals surface area contributed by atoms with Gasteiger partial charge in [0.25, 0.3) is 0 Å². The van der Waals surface area contributed by atoms with Crippen LogP contribution in [-0.4, -0.2) is 26.1 Å². The van der Waals surface area contributed by atoms with Gasteiger partial charge >= 0.3 is 5.69 Å². The van der Waals surface area contributed by atoms with Crippen LogP contribution in [0.15, 0.2) is 66.0 Å². The lowest BCUT2D eigenvalue weighted by Gasteiger charge is -2.09. The molecule has 0 aliphatic rings. The summed E-state index contributed by atoms with van der Waals surface area (Å²) in [7, 11) is 0. The van der Waals surface area contributed by atoms with Crippen LogP contribution in [-0.2, 0) is 6.54 Å². The average molecular weight is 320 g/mol. The minimum absolute atomic E-state index is 0.204. The van der Waals surface area contributed by atoms with E-state index in [-0.39, 0.29) is 5.69 Å². The molecule has 0 bridgehead atoms. The normalized spacial score (nSPS) is 11.0. The first-order valence-electron chi connectivity index (χ1n) is 7.69. The molecule has 4 rings (SSSR count). The molecule has 0 atom stereocenters. The molecule has 2 N–H and O–H groups in total. The Hall–Kier alpha value is -3.28. The van der Waals surface area contributed by atoms with Gasteiger partial charge in [0.05, 0.1) is 23.9 Å². The van der Waals surface area contributed by atoms with E-state index in [0.717, 1.165) is 34.5 Å². The van der Waals surface area contributed by atoms with Crippen molar-refractivity contribution >= 4 is 11.0 Å². The zero-order chi connectivity index (χ0) is 16.4. The summed E-state index contributed by atoms with van der Waals surface area (Å²) in [6.45, 7) is 1.30. The lowest BCUT2D eigenvalue weighted by Crippen LogP contribution is -2.06. The summed E-state index contributed by atoms with van der Waals surface area (Å²) in [6, 6.07) is 13.6. The van der Waals surface area contributed by atoms with Crippen molar-refractivity contribution < 1.29 is 4.74 Å². The van der Waals surface area contributed by atoms with Gasteiger partial charge in [0.1, 0.15) is 12.4 Å². The fourth-order valence-electron chi connectivity index (χ4n) is 2.74. The van der Waals surface area contributed by atoms with Crippen molar-refractivity contribution in [2.45, 2.75) is 6.54 Å². The zero-order valence-corrected chi connectivity index (χ0v) is 12.9. The highest BCUT2D eigenvalue weighted by Gasteiger charge is 2.07. The second-order valence-corrected chi connectivity index (χ2v) is 5.48. The molecule has 24 heavy (non-hydrogen) atoms. The molecule has 0 saturated carbocycles. The van der Waals surface area contributed by atoms with Crippen molar-refractivity contribution in [3.05, 3.63) is 71.7 Å². The standard InChI is InChI=1S/C18H16N4O2/c23-18-20-16-6-2-5-15(17(16)21-18)13-3-1-4-14(11-13)24-10-9-22-8-7-19-12-22/h1-8,11-12H,9-10H2,(H2,20,21,23). The van der Waals surface area contributed by atoms with Crippen LogP contribution in [0.2, 0.25) is 0 Å². The molecule has 2 heterocycles. The van der Waals surface area contributed by atoms with Gasteiger partial charge in [0, 0.05) is 18.0 Å². The Morgan fingerprint density at radius 2 is 2.04 bits per heavy atom. The van der Waals surface area contributed by atoms with Gasteiger partial charge in [-0.3, -0.25) is 0 Å². The van der Waals surface area contributed by atoms with Gasteiger partial charge in [-0.1, -0.05) is 24.3 Å². The van der Waals surface area contributed by atoms with Crippen molar-refractivity contribution in [1.29, 1.82) is 0 Å². The number of H-pyrrole nitrogens is 2. The number of benzene rings is 2. The summed E-state index contributed by atoms with van der Waals surface area (Å²) in [6.07, 6.45) is 5.42. The average Bonchev–Trinajstić information content (AvgIpc) is 3.23. The molecule has 2 aromatic heterocycles. The molecule has 0 spiro atoms. The molecule has 0 unspecified atom stereocenters. The fraction of sp³-hybridized carbons (Fsp3) is 0.111. The number of imidazole rings is 2. The van der Waals surface area contributed by atoms with Crippen molar-refractivity contribution in [2.24, 2.45) is 0 Å². The van der Waals surface area contributed by atoms with E-state index < -0.39 is 0 Å². The molecule has 0 amide bonds. The summed E-state index contributed by atoms with van der Waals surface area (Å²) in [5.41, 5.74) is 3.36. The van der Waals surface area contributed by atoms with Crippen LogP contribution in [0.5, 0.6) is 5.75 Å².